The minimum atomic E-state index is -0.197. The maximum absolute atomic E-state index is 12.9. The molecule has 3 aliphatic rings. The van der Waals surface area contributed by atoms with Gasteiger partial charge in [-0.25, -0.2) is 0 Å². The van der Waals surface area contributed by atoms with Gasteiger partial charge in [0, 0.05) is 36.3 Å². The van der Waals surface area contributed by atoms with Crippen LogP contribution in [0.25, 0.3) is 0 Å². The fourth-order valence-corrected chi connectivity index (χ4v) is 3.49. The summed E-state index contributed by atoms with van der Waals surface area (Å²) < 4.78 is 0. The zero-order valence-corrected chi connectivity index (χ0v) is 13.8. The van der Waals surface area contributed by atoms with Crippen molar-refractivity contribution >= 4 is 29.1 Å². The molecule has 1 heterocycles. The SMILES string of the molecule is O=C1CC(C(=O)N(CC2CC2)C2CC2)CN1c1ccc(Cl)cc1. The van der Waals surface area contributed by atoms with Gasteiger partial charge in [0.2, 0.25) is 11.8 Å². The fourth-order valence-electron chi connectivity index (χ4n) is 3.36. The van der Waals surface area contributed by atoms with E-state index in [1.54, 1.807) is 17.0 Å². The van der Waals surface area contributed by atoms with Crippen LogP contribution in [0.5, 0.6) is 0 Å². The summed E-state index contributed by atoms with van der Waals surface area (Å²) in [6, 6.07) is 7.68. The number of rotatable bonds is 5. The van der Waals surface area contributed by atoms with E-state index in [4.69, 9.17) is 11.6 Å². The molecule has 4 nitrogen and oxygen atoms in total. The number of hydrogen-bond donors (Lipinski definition) is 0. The molecule has 0 bridgehead atoms. The second-order valence-corrected chi connectivity index (χ2v) is 7.48. The number of anilines is 1. The number of nitrogens with zero attached hydrogens (tertiary/aromatic N) is 2. The zero-order chi connectivity index (χ0) is 16.0. The van der Waals surface area contributed by atoms with E-state index in [2.05, 4.69) is 4.90 Å². The lowest BCUT2D eigenvalue weighted by molar-refractivity contribution is -0.136. The Kier molecular flexibility index (Phi) is 3.80. The van der Waals surface area contributed by atoms with Gasteiger partial charge in [0.25, 0.3) is 0 Å². The molecule has 0 spiro atoms. The molecule has 1 aliphatic heterocycles. The van der Waals surface area contributed by atoms with Gasteiger partial charge in [-0.05, 0) is 55.9 Å². The molecule has 23 heavy (non-hydrogen) atoms. The van der Waals surface area contributed by atoms with Gasteiger partial charge in [0.1, 0.15) is 0 Å². The van der Waals surface area contributed by atoms with E-state index in [0.29, 0.717) is 29.9 Å². The number of amides is 2. The highest BCUT2D eigenvalue weighted by Crippen LogP contribution is 2.37. The lowest BCUT2D eigenvalue weighted by Crippen LogP contribution is -2.40. The number of benzene rings is 1. The molecule has 1 aromatic rings. The van der Waals surface area contributed by atoms with Crippen LogP contribution in [0.3, 0.4) is 0 Å². The molecule has 2 aliphatic carbocycles. The van der Waals surface area contributed by atoms with E-state index in [9.17, 15) is 9.59 Å². The Balaban J connectivity index is 1.46. The second kappa shape index (κ2) is 5.82. The average molecular weight is 333 g/mol. The highest BCUT2D eigenvalue weighted by molar-refractivity contribution is 6.30. The van der Waals surface area contributed by atoms with Gasteiger partial charge in [0.15, 0.2) is 0 Å². The van der Waals surface area contributed by atoms with Crippen molar-refractivity contribution < 1.29 is 9.59 Å². The summed E-state index contributed by atoms with van der Waals surface area (Å²) in [6.45, 7) is 1.39. The summed E-state index contributed by atoms with van der Waals surface area (Å²) in [5, 5.41) is 0.650. The van der Waals surface area contributed by atoms with Gasteiger partial charge < -0.3 is 9.80 Å². The third-order valence-electron chi connectivity index (χ3n) is 5.04. The largest absolute Gasteiger partial charge is 0.339 e. The molecular formula is C18H21ClN2O2. The van der Waals surface area contributed by atoms with Crippen LogP contribution >= 0.6 is 11.6 Å². The second-order valence-electron chi connectivity index (χ2n) is 7.05. The first-order valence-corrected chi connectivity index (χ1v) is 8.86. The van der Waals surface area contributed by atoms with Crippen molar-refractivity contribution in [1.29, 1.82) is 0 Å². The molecule has 2 amide bonds. The van der Waals surface area contributed by atoms with E-state index < -0.39 is 0 Å². The van der Waals surface area contributed by atoms with Crippen LogP contribution in [0, 0.1) is 11.8 Å². The molecular weight excluding hydrogens is 312 g/mol. The van der Waals surface area contributed by atoms with Crippen molar-refractivity contribution in [2.75, 3.05) is 18.0 Å². The predicted octanol–water partition coefficient (Wildman–Crippen LogP) is 3.09. The predicted molar refractivity (Wildman–Crippen MR) is 89.4 cm³/mol. The van der Waals surface area contributed by atoms with Crippen LogP contribution < -0.4 is 4.90 Å². The monoisotopic (exact) mass is 332 g/mol. The first kappa shape index (κ1) is 15.0. The molecule has 1 atom stereocenters. The third kappa shape index (κ3) is 3.23. The van der Waals surface area contributed by atoms with Crippen molar-refractivity contribution in [1.82, 2.24) is 4.90 Å². The summed E-state index contributed by atoms with van der Waals surface area (Å²) in [5.74, 6) is 0.721. The normalized spacial score (nSPS) is 24.1. The van der Waals surface area contributed by atoms with E-state index in [1.807, 2.05) is 12.1 Å². The molecule has 5 heteroatoms. The Morgan fingerprint density at radius 1 is 1.17 bits per heavy atom. The van der Waals surface area contributed by atoms with Crippen molar-refractivity contribution in [3.8, 4) is 0 Å². The van der Waals surface area contributed by atoms with Crippen LogP contribution in [0.4, 0.5) is 5.69 Å². The highest BCUT2D eigenvalue weighted by atomic mass is 35.5. The van der Waals surface area contributed by atoms with Crippen LogP contribution in [-0.4, -0.2) is 35.8 Å². The molecule has 122 valence electrons. The average Bonchev–Trinajstić information content (AvgIpc) is 3.44. The first-order valence-electron chi connectivity index (χ1n) is 8.48. The topological polar surface area (TPSA) is 40.6 Å². The van der Waals surface area contributed by atoms with Gasteiger partial charge in [-0.2, -0.15) is 0 Å². The molecule has 4 rings (SSSR count). The highest BCUT2D eigenvalue weighted by Gasteiger charge is 2.42. The standard InChI is InChI=1S/C18H21ClN2O2/c19-14-3-5-15(6-4-14)20-11-13(9-17(20)22)18(23)21(16-7-8-16)10-12-1-2-12/h3-6,12-13,16H,1-2,7-11H2. The molecule has 3 fully saturated rings. The van der Waals surface area contributed by atoms with E-state index in [0.717, 1.165) is 25.1 Å². The van der Waals surface area contributed by atoms with E-state index in [-0.39, 0.29) is 17.7 Å². The summed E-state index contributed by atoms with van der Waals surface area (Å²) in [6.07, 6.45) is 5.07. The Labute approximate surface area is 141 Å². The fraction of sp³-hybridized carbons (Fsp3) is 0.556. The summed E-state index contributed by atoms with van der Waals surface area (Å²) in [5.41, 5.74) is 0.829. The Morgan fingerprint density at radius 2 is 1.87 bits per heavy atom. The lowest BCUT2D eigenvalue weighted by Gasteiger charge is -2.25. The summed E-state index contributed by atoms with van der Waals surface area (Å²) in [7, 11) is 0. The maximum Gasteiger partial charge on any atom is 0.228 e. The van der Waals surface area contributed by atoms with Crippen LogP contribution in [-0.2, 0) is 9.59 Å². The van der Waals surface area contributed by atoms with Gasteiger partial charge in [-0.15, -0.1) is 0 Å². The molecule has 1 saturated heterocycles. The first-order chi connectivity index (χ1) is 11.1. The smallest absolute Gasteiger partial charge is 0.228 e. The number of carbonyl (C=O) groups excluding carboxylic acids is 2. The summed E-state index contributed by atoms with van der Waals surface area (Å²) >= 11 is 5.91. The molecule has 1 unspecified atom stereocenters. The van der Waals surface area contributed by atoms with Crippen LogP contribution in [0.2, 0.25) is 5.02 Å². The third-order valence-corrected chi connectivity index (χ3v) is 5.29. The minimum absolute atomic E-state index is 0.0350. The molecule has 1 aromatic carbocycles. The van der Waals surface area contributed by atoms with Crippen molar-refractivity contribution in [3.63, 3.8) is 0 Å². The number of carbonyl (C=O) groups is 2. The number of halogens is 1. The minimum Gasteiger partial charge on any atom is -0.339 e. The van der Waals surface area contributed by atoms with Gasteiger partial charge in [0.05, 0.1) is 5.92 Å². The zero-order valence-electron chi connectivity index (χ0n) is 13.1. The number of hydrogen-bond acceptors (Lipinski definition) is 2. The maximum atomic E-state index is 12.9. The Hall–Kier alpha value is -1.55. The van der Waals surface area contributed by atoms with Gasteiger partial charge in [-0.3, -0.25) is 9.59 Å². The van der Waals surface area contributed by atoms with Crippen molar-refractivity contribution in [3.05, 3.63) is 29.3 Å². The van der Waals surface area contributed by atoms with E-state index >= 15 is 0 Å². The van der Waals surface area contributed by atoms with Gasteiger partial charge >= 0.3 is 0 Å². The molecule has 0 aromatic heterocycles. The molecule has 0 radical (unpaired) electrons. The van der Waals surface area contributed by atoms with Gasteiger partial charge in [-0.1, -0.05) is 11.6 Å². The van der Waals surface area contributed by atoms with E-state index in [1.165, 1.54) is 12.8 Å². The Bertz CT molecular complexity index is 622. The molecule has 0 N–H and O–H groups in total. The lowest BCUT2D eigenvalue weighted by atomic mass is 10.1. The Morgan fingerprint density at radius 3 is 2.48 bits per heavy atom. The van der Waals surface area contributed by atoms with Crippen LogP contribution in [0.15, 0.2) is 24.3 Å². The van der Waals surface area contributed by atoms with Crippen molar-refractivity contribution in [2.24, 2.45) is 11.8 Å². The van der Waals surface area contributed by atoms with Crippen LogP contribution in [0.1, 0.15) is 32.1 Å². The summed E-state index contributed by atoms with van der Waals surface area (Å²) in [4.78, 5) is 29.0. The quantitative estimate of drug-likeness (QED) is 0.831. The molecule has 2 saturated carbocycles. The van der Waals surface area contributed by atoms with Crippen molar-refractivity contribution in [2.45, 2.75) is 38.1 Å².